The molecule has 0 aliphatic heterocycles. The standard InChI is InChI=1S/C10H11N5O3/c11-10(17)15(7-16)8-1-3-9(4-2-8)18-6-5-13-14-12/h1-4,7H,5-6H2,(H2,11,17). The van der Waals surface area contributed by atoms with Gasteiger partial charge in [-0.15, -0.1) is 0 Å². The van der Waals surface area contributed by atoms with Crippen molar-refractivity contribution in [1.82, 2.24) is 0 Å². The lowest BCUT2D eigenvalue weighted by Crippen LogP contribution is -2.34. The quantitative estimate of drug-likeness (QED) is 0.269. The normalized spacial score (nSPS) is 9.11. The number of rotatable bonds is 6. The lowest BCUT2D eigenvalue weighted by atomic mass is 10.3. The molecule has 0 aromatic heterocycles. The third-order valence-electron chi connectivity index (χ3n) is 1.98. The zero-order chi connectivity index (χ0) is 13.4. The molecule has 18 heavy (non-hydrogen) atoms. The monoisotopic (exact) mass is 249 g/mol. The van der Waals surface area contributed by atoms with Gasteiger partial charge < -0.3 is 10.5 Å². The summed E-state index contributed by atoms with van der Waals surface area (Å²) in [4.78, 5) is 24.9. The van der Waals surface area contributed by atoms with Crippen molar-refractivity contribution in [2.24, 2.45) is 10.8 Å². The Morgan fingerprint density at radius 2 is 2.17 bits per heavy atom. The fourth-order valence-electron chi connectivity index (χ4n) is 1.19. The minimum absolute atomic E-state index is 0.222. The van der Waals surface area contributed by atoms with E-state index in [1.54, 1.807) is 12.1 Å². The van der Waals surface area contributed by atoms with E-state index < -0.39 is 6.03 Å². The zero-order valence-electron chi connectivity index (χ0n) is 9.39. The molecule has 2 N–H and O–H groups in total. The molecule has 1 rings (SSSR count). The second-order valence-corrected chi connectivity index (χ2v) is 3.11. The van der Waals surface area contributed by atoms with E-state index in [1.807, 2.05) is 0 Å². The number of hydrogen-bond acceptors (Lipinski definition) is 4. The van der Waals surface area contributed by atoms with Crippen molar-refractivity contribution in [1.29, 1.82) is 0 Å². The Bertz CT molecular complexity index is 467. The van der Waals surface area contributed by atoms with E-state index in [4.69, 9.17) is 16.0 Å². The number of nitrogens with zero attached hydrogens (tertiary/aromatic N) is 4. The molecule has 0 atom stereocenters. The van der Waals surface area contributed by atoms with Gasteiger partial charge in [0.05, 0.1) is 18.8 Å². The number of nitrogens with two attached hydrogens (primary N) is 1. The van der Waals surface area contributed by atoms with Crippen molar-refractivity contribution in [3.8, 4) is 5.75 Å². The van der Waals surface area contributed by atoms with Crippen LogP contribution >= 0.6 is 0 Å². The Hall–Kier alpha value is -2.73. The summed E-state index contributed by atoms with van der Waals surface area (Å²) in [7, 11) is 0. The SMILES string of the molecule is [N-]=[N+]=NCCOc1ccc(N(C=O)C(N)=O)cc1. The molecular weight excluding hydrogens is 238 g/mol. The molecule has 8 nitrogen and oxygen atoms in total. The molecule has 0 unspecified atom stereocenters. The number of amides is 3. The number of benzene rings is 1. The molecular formula is C10H11N5O3. The van der Waals surface area contributed by atoms with Crippen molar-refractivity contribution in [2.75, 3.05) is 18.1 Å². The van der Waals surface area contributed by atoms with Crippen molar-refractivity contribution >= 4 is 18.1 Å². The molecule has 0 spiro atoms. The van der Waals surface area contributed by atoms with Gasteiger partial charge in [-0.1, -0.05) is 5.11 Å². The van der Waals surface area contributed by atoms with E-state index in [0.29, 0.717) is 17.8 Å². The second-order valence-electron chi connectivity index (χ2n) is 3.11. The first kappa shape index (κ1) is 13.3. The minimum atomic E-state index is -0.859. The smallest absolute Gasteiger partial charge is 0.325 e. The molecule has 0 aliphatic rings. The Kier molecular flexibility index (Phi) is 5.01. The Labute approximate surface area is 103 Å². The first-order chi connectivity index (χ1) is 8.69. The summed E-state index contributed by atoms with van der Waals surface area (Å²) < 4.78 is 5.25. The highest BCUT2D eigenvalue weighted by atomic mass is 16.5. The highest BCUT2D eigenvalue weighted by molar-refractivity contribution is 6.05. The van der Waals surface area contributed by atoms with Crippen molar-refractivity contribution < 1.29 is 14.3 Å². The van der Waals surface area contributed by atoms with Crippen LogP contribution in [0.3, 0.4) is 0 Å². The molecule has 0 aliphatic carbocycles. The number of ether oxygens (including phenoxy) is 1. The van der Waals surface area contributed by atoms with Crippen LogP contribution in [-0.2, 0) is 4.79 Å². The predicted molar refractivity (Wildman–Crippen MR) is 64.1 cm³/mol. The highest BCUT2D eigenvalue weighted by Gasteiger charge is 2.10. The molecule has 1 aromatic carbocycles. The lowest BCUT2D eigenvalue weighted by Gasteiger charge is -2.12. The van der Waals surface area contributed by atoms with Crippen LogP contribution in [0.4, 0.5) is 10.5 Å². The molecule has 94 valence electrons. The predicted octanol–water partition coefficient (Wildman–Crippen LogP) is 1.42. The number of anilines is 1. The third kappa shape index (κ3) is 3.69. The van der Waals surface area contributed by atoms with E-state index in [1.165, 1.54) is 12.1 Å². The van der Waals surface area contributed by atoms with Gasteiger partial charge in [-0.3, -0.25) is 4.79 Å². The van der Waals surface area contributed by atoms with Gasteiger partial charge in [0, 0.05) is 4.91 Å². The van der Waals surface area contributed by atoms with Gasteiger partial charge in [0.2, 0.25) is 6.41 Å². The van der Waals surface area contributed by atoms with Crippen LogP contribution in [0.15, 0.2) is 29.4 Å². The van der Waals surface area contributed by atoms with Gasteiger partial charge in [-0.05, 0) is 29.8 Å². The summed E-state index contributed by atoms with van der Waals surface area (Å²) in [6, 6.07) is 5.32. The summed E-state index contributed by atoms with van der Waals surface area (Å²) in [5, 5.41) is 3.31. The van der Waals surface area contributed by atoms with Crippen LogP contribution in [0.2, 0.25) is 0 Å². The first-order valence-corrected chi connectivity index (χ1v) is 4.96. The van der Waals surface area contributed by atoms with Crippen LogP contribution < -0.4 is 15.4 Å². The summed E-state index contributed by atoms with van der Waals surface area (Å²) >= 11 is 0. The minimum Gasteiger partial charge on any atom is -0.493 e. The van der Waals surface area contributed by atoms with Crippen LogP contribution in [0.25, 0.3) is 10.4 Å². The largest absolute Gasteiger partial charge is 0.493 e. The average molecular weight is 249 g/mol. The summed E-state index contributed by atoms with van der Waals surface area (Å²) in [6.45, 7) is 0.469. The molecule has 0 saturated heterocycles. The van der Waals surface area contributed by atoms with Crippen LogP contribution in [0.5, 0.6) is 5.75 Å². The maximum atomic E-state index is 10.9. The van der Waals surface area contributed by atoms with E-state index in [0.717, 1.165) is 4.90 Å². The molecule has 0 bridgehead atoms. The van der Waals surface area contributed by atoms with Gasteiger partial charge in [0.25, 0.3) is 0 Å². The van der Waals surface area contributed by atoms with E-state index >= 15 is 0 Å². The van der Waals surface area contributed by atoms with E-state index in [2.05, 4.69) is 10.0 Å². The maximum absolute atomic E-state index is 10.9. The summed E-state index contributed by atoms with van der Waals surface area (Å²) in [5.41, 5.74) is 13.4. The van der Waals surface area contributed by atoms with Gasteiger partial charge in [-0.25, -0.2) is 9.69 Å². The molecule has 1 aromatic rings. The number of hydrogen-bond donors (Lipinski definition) is 1. The van der Waals surface area contributed by atoms with Crippen molar-refractivity contribution in [3.63, 3.8) is 0 Å². The Morgan fingerprint density at radius 1 is 1.50 bits per heavy atom. The Morgan fingerprint density at radius 3 is 2.67 bits per heavy atom. The maximum Gasteiger partial charge on any atom is 0.325 e. The fourth-order valence-corrected chi connectivity index (χ4v) is 1.19. The molecule has 0 heterocycles. The van der Waals surface area contributed by atoms with E-state index in [9.17, 15) is 9.59 Å². The zero-order valence-corrected chi connectivity index (χ0v) is 9.39. The molecule has 0 radical (unpaired) electrons. The highest BCUT2D eigenvalue weighted by Crippen LogP contribution is 2.18. The summed E-state index contributed by atoms with van der Waals surface area (Å²) in [5.74, 6) is 0.530. The third-order valence-corrected chi connectivity index (χ3v) is 1.98. The molecule has 0 fully saturated rings. The van der Waals surface area contributed by atoms with Crippen molar-refractivity contribution in [3.05, 3.63) is 34.7 Å². The topological polar surface area (TPSA) is 121 Å². The van der Waals surface area contributed by atoms with Gasteiger partial charge >= 0.3 is 6.03 Å². The number of carbonyl (C=O) groups is 2. The fraction of sp³-hybridized carbons (Fsp3) is 0.200. The van der Waals surface area contributed by atoms with Crippen LogP contribution in [-0.4, -0.2) is 25.6 Å². The number of primary amides is 1. The number of imide groups is 1. The lowest BCUT2D eigenvalue weighted by molar-refractivity contribution is -0.106. The van der Waals surface area contributed by atoms with Gasteiger partial charge in [0.1, 0.15) is 5.75 Å². The van der Waals surface area contributed by atoms with Gasteiger partial charge in [0.15, 0.2) is 0 Å². The number of carbonyl (C=O) groups excluding carboxylic acids is 2. The number of azide groups is 1. The second kappa shape index (κ2) is 6.77. The first-order valence-electron chi connectivity index (χ1n) is 4.96. The molecule has 3 amide bonds. The molecule has 8 heteroatoms. The van der Waals surface area contributed by atoms with Gasteiger partial charge in [-0.2, -0.15) is 0 Å². The van der Waals surface area contributed by atoms with Crippen LogP contribution in [0, 0.1) is 0 Å². The summed E-state index contributed by atoms with van der Waals surface area (Å²) in [6.07, 6.45) is 0.333. The Balaban J connectivity index is 2.64. The number of urea groups is 1. The average Bonchev–Trinajstić information content (AvgIpc) is 2.37. The van der Waals surface area contributed by atoms with Crippen LogP contribution in [0.1, 0.15) is 0 Å². The van der Waals surface area contributed by atoms with E-state index in [-0.39, 0.29) is 13.2 Å². The molecule has 0 saturated carbocycles. The van der Waals surface area contributed by atoms with Crippen molar-refractivity contribution in [2.45, 2.75) is 0 Å².